The number of hydroxylamine groups is 1. The zero-order chi connectivity index (χ0) is 21.9. The molecule has 9 heteroatoms. The second-order valence-corrected chi connectivity index (χ2v) is 8.30. The molecule has 0 atom stereocenters. The molecular weight excluding hydrogens is 426 g/mol. The Hall–Kier alpha value is -3.82. The average Bonchev–Trinajstić information content (AvgIpc) is 3.60. The standard InChI is InChI=1S/C23H19N5O3S/c29-21(28-30)16-8-9-18(25-13-16)26-19-12-17(10-11-24-19)31-23-20(14-4-2-1-3-5-14)27-22(32-23)15-6-7-15/h1-5,8-13,15,30H,6-7H2,(H,28,29)(H,24,25,26). The van der Waals surface area contributed by atoms with Crippen molar-refractivity contribution in [3.8, 4) is 22.1 Å². The van der Waals surface area contributed by atoms with Crippen molar-refractivity contribution >= 4 is 28.9 Å². The molecule has 4 aromatic rings. The molecule has 1 aliphatic carbocycles. The van der Waals surface area contributed by atoms with Crippen LogP contribution in [0.15, 0.2) is 67.0 Å². The SMILES string of the molecule is O=C(NO)c1ccc(Nc2cc(Oc3sc(C4CC4)nc3-c3ccccc3)ccn2)nc1. The number of amides is 1. The number of ether oxygens (including phenoxy) is 1. The number of carbonyl (C=O) groups excluding carboxylic acids is 1. The lowest BCUT2D eigenvalue weighted by molar-refractivity contribution is 0.0706. The van der Waals surface area contributed by atoms with Gasteiger partial charge in [0.25, 0.3) is 5.91 Å². The zero-order valence-corrected chi connectivity index (χ0v) is 17.7. The number of carbonyl (C=O) groups is 1. The van der Waals surface area contributed by atoms with Gasteiger partial charge >= 0.3 is 0 Å². The molecule has 5 rings (SSSR count). The lowest BCUT2D eigenvalue weighted by Crippen LogP contribution is -2.18. The summed E-state index contributed by atoms with van der Waals surface area (Å²) in [4.78, 5) is 24.8. The Kier molecular flexibility index (Phi) is 5.49. The third kappa shape index (κ3) is 4.43. The predicted octanol–water partition coefficient (Wildman–Crippen LogP) is 5.13. The molecule has 0 aliphatic heterocycles. The number of benzene rings is 1. The van der Waals surface area contributed by atoms with Crippen LogP contribution in [0.5, 0.6) is 10.8 Å². The van der Waals surface area contributed by atoms with Gasteiger partial charge in [-0.15, -0.1) is 0 Å². The highest BCUT2D eigenvalue weighted by molar-refractivity contribution is 7.14. The molecule has 32 heavy (non-hydrogen) atoms. The van der Waals surface area contributed by atoms with Crippen molar-refractivity contribution in [2.75, 3.05) is 5.32 Å². The molecule has 1 fully saturated rings. The van der Waals surface area contributed by atoms with Crippen LogP contribution in [-0.2, 0) is 0 Å². The normalized spacial score (nSPS) is 12.9. The van der Waals surface area contributed by atoms with Crippen molar-refractivity contribution in [3.63, 3.8) is 0 Å². The number of nitrogens with zero attached hydrogens (tertiary/aromatic N) is 3. The van der Waals surface area contributed by atoms with E-state index in [9.17, 15) is 4.79 Å². The first-order valence-electron chi connectivity index (χ1n) is 10.1. The van der Waals surface area contributed by atoms with Crippen LogP contribution in [0.1, 0.15) is 34.1 Å². The van der Waals surface area contributed by atoms with E-state index in [4.69, 9.17) is 14.9 Å². The van der Waals surface area contributed by atoms with E-state index in [-0.39, 0.29) is 5.56 Å². The van der Waals surface area contributed by atoms with Gasteiger partial charge in [0.1, 0.15) is 28.1 Å². The summed E-state index contributed by atoms with van der Waals surface area (Å²) >= 11 is 1.59. The topological polar surface area (TPSA) is 109 Å². The van der Waals surface area contributed by atoms with Crippen LogP contribution >= 0.6 is 11.3 Å². The van der Waals surface area contributed by atoms with Crippen molar-refractivity contribution in [1.82, 2.24) is 20.4 Å². The minimum atomic E-state index is -0.623. The van der Waals surface area contributed by atoms with Crippen LogP contribution in [0.4, 0.5) is 11.6 Å². The van der Waals surface area contributed by atoms with Crippen LogP contribution in [-0.4, -0.2) is 26.1 Å². The second-order valence-electron chi connectivity index (χ2n) is 7.31. The van der Waals surface area contributed by atoms with Crippen LogP contribution < -0.4 is 15.5 Å². The Bertz CT molecular complexity index is 1240. The smallest absolute Gasteiger partial charge is 0.276 e. The number of hydrogen-bond donors (Lipinski definition) is 3. The van der Waals surface area contributed by atoms with Gasteiger partial charge in [0.2, 0.25) is 5.06 Å². The summed E-state index contributed by atoms with van der Waals surface area (Å²) in [7, 11) is 0. The summed E-state index contributed by atoms with van der Waals surface area (Å²) in [5, 5.41) is 13.7. The largest absolute Gasteiger partial charge is 0.444 e. The fourth-order valence-corrected chi connectivity index (χ4v) is 4.25. The molecule has 0 unspecified atom stereocenters. The van der Waals surface area contributed by atoms with Crippen LogP contribution in [0.3, 0.4) is 0 Å². The lowest BCUT2D eigenvalue weighted by atomic mass is 10.2. The summed E-state index contributed by atoms with van der Waals surface area (Å²) in [6.07, 6.45) is 5.36. The van der Waals surface area contributed by atoms with E-state index in [0.29, 0.717) is 23.3 Å². The third-order valence-electron chi connectivity index (χ3n) is 4.91. The van der Waals surface area contributed by atoms with Gasteiger partial charge < -0.3 is 10.1 Å². The lowest BCUT2D eigenvalue weighted by Gasteiger charge is -2.09. The molecule has 1 amide bonds. The number of nitrogens with one attached hydrogen (secondary N) is 2. The quantitative estimate of drug-likeness (QED) is 0.267. The highest BCUT2D eigenvalue weighted by Gasteiger charge is 2.29. The summed E-state index contributed by atoms with van der Waals surface area (Å²) in [5.41, 5.74) is 3.69. The fraction of sp³-hybridized carbons (Fsp3) is 0.130. The summed E-state index contributed by atoms with van der Waals surface area (Å²) in [6.45, 7) is 0. The van der Waals surface area contributed by atoms with Crippen molar-refractivity contribution in [2.45, 2.75) is 18.8 Å². The van der Waals surface area contributed by atoms with Crippen molar-refractivity contribution in [2.24, 2.45) is 0 Å². The summed E-state index contributed by atoms with van der Waals surface area (Å²) in [5.74, 6) is 1.59. The molecule has 0 saturated heterocycles. The molecule has 1 saturated carbocycles. The van der Waals surface area contributed by atoms with Gasteiger partial charge in [-0.2, -0.15) is 0 Å². The molecule has 8 nitrogen and oxygen atoms in total. The van der Waals surface area contributed by atoms with E-state index >= 15 is 0 Å². The fourth-order valence-electron chi connectivity index (χ4n) is 3.12. The van der Waals surface area contributed by atoms with E-state index in [2.05, 4.69) is 15.3 Å². The van der Waals surface area contributed by atoms with Crippen molar-refractivity contribution in [3.05, 3.63) is 77.6 Å². The first-order valence-corrected chi connectivity index (χ1v) is 10.9. The van der Waals surface area contributed by atoms with Gasteiger partial charge in [-0.1, -0.05) is 41.7 Å². The third-order valence-corrected chi connectivity index (χ3v) is 6.01. The summed E-state index contributed by atoms with van der Waals surface area (Å²) < 4.78 is 6.24. The maximum atomic E-state index is 11.4. The molecule has 3 heterocycles. The van der Waals surface area contributed by atoms with Crippen molar-refractivity contribution < 1.29 is 14.7 Å². The van der Waals surface area contributed by atoms with Gasteiger partial charge in [-0.25, -0.2) is 20.4 Å². The molecule has 3 N–H and O–H groups in total. The molecule has 1 aliphatic rings. The van der Waals surface area contributed by atoms with E-state index in [0.717, 1.165) is 21.3 Å². The monoisotopic (exact) mass is 445 g/mol. The molecule has 0 radical (unpaired) electrons. The molecule has 3 aromatic heterocycles. The zero-order valence-electron chi connectivity index (χ0n) is 16.9. The Morgan fingerprint density at radius 3 is 2.62 bits per heavy atom. The number of rotatable bonds is 7. The highest BCUT2D eigenvalue weighted by Crippen LogP contribution is 2.48. The molecule has 160 valence electrons. The number of thiazole rings is 1. The highest BCUT2D eigenvalue weighted by atomic mass is 32.1. The van der Waals surface area contributed by atoms with Gasteiger partial charge in [0.05, 0.1) is 5.56 Å². The Labute approximate surface area is 187 Å². The molecular formula is C23H19N5O3S. The number of pyridine rings is 2. The summed E-state index contributed by atoms with van der Waals surface area (Å²) in [6, 6.07) is 16.8. The van der Waals surface area contributed by atoms with Gasteiger partial charge in [-0.3, -0.25) is 10.0 Å². The Morgan fingerprint density at radius 1 is 1.06 bits per heavy atom. The minimum absolute atomic E-state index is 0.244. The Morgan fingerprint density at radius 2 is 1.91 bits per heavy atom. The first kappa shape index (κ1) is 20.1. The molecule has 0 spiro atoms. The van der Waals surface area contributed by atoms with Gasteiger partial charge in [0.15, 0.2) is 0 Å². The van der Waals surface area contributed by atoms with Gasteiger partial charge in [-0.05, 0) is 31.0 Å². The second kappa shape index (κ2) is 8.74. The number of aromatic nitrogens is 3. The van der Waals surface area contributed by atoms with Crippen LogP contribution in [0, 0.1) is 0 Å². The maximum absolute atomic E-state index is 11.4. The Balaban J connectivity index is 1.37. The molecule has 1 aromatic carbocycles. The predicted molar refractivity (Wildman–Crippen MR) is 121 cm³/mol. The van der Waals surface area contributed by atoms with E-state index in [1.165, 1.54) is 19.0 Å². The minimum Gasteiger partial charge on any atom is -0.444 e. The van der Waals surface area contributed by atoms with E-state index < -0.39 is 5.91 Å². The van der Waals surface area contributed by atoms with Crippen LogP contribution in [0.2, 0.25) is 0 Å². The number of anilines is 2. The maximum Gasteiger partial charge on any atom is 0.276 e. The average molecular weight is 446 g/mol. The van der Waals surface area contributed by atoms with Gasteiger partial charge in [0, 0.05) is 29.9 Å². The van der Waals surface area contributed by atoms with Crippen LogP contribution in [0.25, 0.3) is 11.3 Å². The molecule has 0 bridgehead atoms. The van der Waals surface area contributed by atoms with E-state index in [1.807, 2.05) is 30.3 Å². The number of hydrogen-bond acceptors (Lipinski definition) is 8. The van der Waals surface area contributed by atoms with E-state index in [1.54, 1.807) is 47.3 Å². The first-order chi connectivity index (χ1) is 15.7. The van der Waals surface area contributed by atoms with Crippen molar-refractivity contribution in [1.29, 1.82) is 0 Å².